The third kappa shape index (κ3) is 2.01. The van der Waals surface area contributed by atoms with Crippen molar-refractivity contribution < 1.29 is 4.39 Å². The highest BCUT2D eigenvalue weighted by Crippen LogP contribution is 2.23. The molecule has 0 aliphatic rings. The van der Waals surface area contributed by atoms with Gasteiger partial charge in [0.05, 0.1) is 15.9 Å². The number of rotatable bonds is 2. The van der Waals surface area contributed by atoms with Crippen LogP contribution >= 0.6 is 15.9 Å². The summed E-state index contributed by atoms with van der Waals surface area (Å²) in [6.07, 6.45) is 1.81. The fourth-order valence-corrected chi connectivity index (χ4v) is 1.82. The molecule has 5 heteroatoms. The summed E-state index contributed by atoms with van der Waals surface area (Å²) < 4.78 is 15.4. The van der Waals surface area contributed by atoms with Crippen LogP contribution in [-0.2, 0) is 6.54 Å². The molecule has 0 fully saturated rings. The van der Waals surface area contributed by atoms with E-state index in [0.29, 0.717) is 11.0 Å². The minimum absolute atomic E-state index is 0.271. The molecule has 0 bridgehead atoms. The first kappa shape index (κ1) is 11.3. The Labute approximate surface area is 101 Å². The van der Waals surface area contributed by atoms with Crippen molar-refractivity contribution in [2.24, 2.45) is 5.73 Å². The summed E-state index contributed by atoms with van der Waals surface area (Å²) in [5, 5.41) is 4.28. The molecule has 0 saturated heterocycles. The molecule has 0 spiro atoms. The van der Waals surface area contributed by atoms with Crippen molar-refractivity contribution in [3.63, 3.8) is 0 Å². The summed E-state index contributed by atoms with van der Waals surface area (Å²) in [5.41, 5.74) is 7.96. The third-order valence-electron chi connectivity index (χ3n) is 2.34. The van der Waals surface area contributed by atoms with E-state index in [9.17, 15) is 4.39 Å². The lowest BCUT2D eigenvalue weighted by atomic mass is 10.2. The zero-order chi connectivity index (χ0) is 11.7. The number of hydrogen-bond donors (Lipinski definition) is 1. The normalized spacial score (nSPS) is 10.8. The zero-order valence-electron chi connectivity index (χ0n) is 8.74. The van der Waals surface area contributed by atoms with Crippen molar-refractivity contribution >= 4 is 15.9 Å². The molecule has 1 aromatic heterocycles. The molecule has 1 heterocycles. The highest BCUT2D eigenvalue weighted by Gasteiger charge is 2.08. The molecule has 1 aromatic carbocycles. The minimum Gasteiger partial charge on any atom is -0.325 e. The maximum atomic E-state index is 13.3. The van der Waals surface area contributed by atoms with Gasteiger partial charge >= 0.3 is 0 Å². The number of hydrogen-bond acceptors (Lipinski definition) is 2. The van der Waals surface area contributed by atoms with Crippen LogP contribution in [0.4, 0.5) is 4.39 Å². The van der Waals surface area contributed by atoms with Crippen LogP contribution in [-0.4, -0.2) is 9.78 Å². The Kier molecular flexibility index (Phi) is 3.07. The minimum atomic E-state index is -0.271. The van der Waals surface area contributed by atoms with Crippen LogP contribution in [0.25, 0.3) is 5.69 Å². The maximum Gasteiger partial charge on any atom is 0.137 e. The van der Waals surface area contributed by atoms with Gasteiger partial charge in [0.25, 0.3) is 0 Å². The van der Waals surface area contributed by atoms with E-state index in [1.54, 1.807) is 10.7 Å². The van der Waals surface area contributed by atoms with Crippen molar-refractivity contribution in [3.05, 3.63) is 45.9 Å². The average molecular weight is 284 g/mol. The summed E-state index contributed by atoms with van der Waals surface area (Å²) >= 11 is 3.16. The number of aromatic nitrogens is 2. The molecule has 3 nitrogen and oxygen atoms in total. The molecule has 0 aliphatic heterocycles. The second kappa shape index (κ2) is 4.35. The van der Waals surface area contributed by atoms with Crippen LogP contribution in [0.2, 0.25) is 0 Å². The third-order valence-corrected chi connectivity index (χ3v) is 2.95. The Morgan fingerprint density at radius 3 is 2.88 bits per heavy atom. The molecule has 0 unspecified atom stereocenters. The van der Waals surface area contributed by atoms with E-state index < -0.39 is 0 Å². The van der Waals surface area contributed by atoms with Crippen molar-refractivity contribution in [1.29, 1.82) is 0 Å². The lowest BCUT2D eigenvalue weighted by Crippen LogP contribution is -2.02. The van der Waals surface area contributed by atoms with E-state index in [2.05, 4.69) is 21.0 Å². The Balaban J connectivity index is 2.51. The summed E-state index contributed by atoms with van der Waals surface area (Å²) in [4.78, 5) is 0. The lowest BCUT2D eigenvalue weighted by molar-refractivity contribution is 0.618. The second-order valence-corrected chi connectivity index (χ2v) is 4.36. The SMILES string of the molecule is Cc1cc(F)c(Br)cc1-n1ccc(CN)n1. The summed E-state index contributed by atoms with van der Waals surface area (Å²) in [7, 11) is 0. The first-order valence-corrected chi connectivity index (χ1v) is 5.61. The van der Waals surface area contributed by atoms with Crippen molar-refractivity contribution in [2.75, 3.05) is 0 Å². The number of nitrogens with two attached hydrogens (primary N) is 1. The van der Waals surface area contributed by atoms with Gasteiger partial charge in [0.2, 0.25) is 0 Å². The largest absolute Gasteiger partial charge is 0.325 e. The molecule has 16 heavy (non-hydrogen) atoms. The molecule has 2 aromatic rings. The van der Waals surface area contributed by atoms with Gasteiger partial charge in [0.1, 0.15) is 5.82 Å². The van der Waals surface area contributed by atoms with Gasteiger partial charge in [0, 0.05) is 12.7 Å². The van der Waals surface area contributed by atoms with E-state index in [-0.39, 0.29) is 5.82 Å². The van der Waals surface area contributed by atoms with Gasteiger partial charge in [-0.15, -0.1) is 0 Å². The van der Waals surface area contributed by atoms with E-state index in [0.717, 1.165) is 16.9 Å². The zero-order valence-corrected chi connectivity index (χ0v) is 10.3. The van der Waals surface area contributed by atoms with Crippen LogP contribution < -0.4 is 5.73 Å². The van der Waals surface area contributed by atoms with Gasteiger partial charge in [-0.1, -0.05) is 0 Å². The van der Waals surface area contributed by atoms with Gasteiger partial charge in [-0.3, -0.25) is 0 Å². The maximum absolute atomic E-state index is 13.3. The van der Waals surface area contributed by atoms with Crippen molar-refractivity contribution in [1.82, 2.24) is 9.78 Å². The predicted molar refractivity (Wildman–Crippen MR) is 63.9 cm³/mol. The molecule has 0 amide bonds. The molecule has 2 N–H and O–H groups in total. The standard InChI is InChI=1S/C11H11BrFN3/c1-7-4-10(13)9(12)5-11(7)16-3-2-8(6-14)15-16/h2-5H,6,14H2,1H3. The van der Waals surface area contributed by atoms with E-state index in [1.165, 1.54) is 6.07 Å². The number of benzene rings is 1. The predicted octanol–water partition coefficient (Wildman–Crippen LogP) is 2.54. The Bertz CT molecular complexity index is 522. The molecule has 84 valence electrons. The monoisotopic (exact) mass is 283 g/mol. The topological polar surface area (TPSA) is 43.8 Å². The van der Waals surface area contributed by atoms with Gasteiger partial charge in [-0.05, 0) is 46.6 Å². The average Bonchev–Trinajstić information content (AvgIpc) is 2.71. The van der Waals surface area contributed by atoms with Crippen LogP contribution in [0.1, 0.15) is 11.3 Å². The van der Waals surface area contributed by atoms with Crippen molar-refractivity contribution in [2.45, 2.75) is 13.5 Å². The molecular weight excluding hydrogens is 273 g/mol. The van der Waals surface area contributed by atoms with Gasteiger partial charge in [0.15, 0.2) is 0 Å². The van der Waals surface area contributed by atoms with Gasteiger partial charge in [-0.2, -0.15) is 5.10 Å². The van der Waals surface area contributed by atoms with E-state index >= 15 is 0 Å². The van der Waals surface area contributed by atoms with Gasteiger partial charge < -0.3 is 5.73 Å². The van der Waals surface area contributed by atoms with E-state index in [4.69, 9.17) is 5.73 Å². The summed E-state index contributed by atoms with van der Waals surface area (Å²) in [6, 6.07) is 5.03. The van der Waals surface area contributed by atoms with E-state index in [1.807, 2.05) is 19.2 Å². The first-order chi connectivity index (χ1) is 7.61. The number of aryl methyl sites for hydroxylation is 1. The summed E-state index contributed by atoms with van der Waals surface area (Å²) in [5.74, 6) is -0.271. The van der Waals surface area contributed by atoms with Crippen LogP contribution in [0.3, 0.4) is 0 Å². The molecule has 0 saturated carbocycles. The Morgan fingerprint density at radius 2 is 2.25 bits per heavy atom. The number of halogens is 2. The Hall–Kier alpha value is -1.20. The van der Waals surface area contributed by atoms with Crippen LogP contribution in [0.5, 0.6) is 0 Å². The molecule has 2 rings (SSSR count). The molecular formula is C11H11BrFN3. The quantitative estimate of drug-likeness (QED) is 0.921. The lowest BCUT2D eigenvalue weighted by Gasteiger charge is -2.07. The fraction of sp³-hybridized carbons (Fsp3) is 0.182. The van der Waals surface area contributed by atoms with Crippen LogP contribution in [0, 0.1) is 12.7 Å². The van der Waals surface area contributed by atoms with Crippen molar-refractivity contribution in [3.8, 4) is 5.69 Å². The molecule has 0 atom stereocenters. The first-order valence-electron chi connectivity index (χ1n) is 4.82. The smallest absolute Gasteiger partial charge is 0.137 e. The second-order valence-electron chi connectivity index (χ2n) is 3.51. The summed E-state index contributed by atoms with van der Waals surface area (Å²) in [6.45, 7) is 2.24. The number of nitrogens with zero attached hydrogens (tertiary/aromatic N) is 2. The fourth-order valence-electron chi connectivity index (χ4n) is 1.49. The molecule has 0 aliphatic carbocycles. The highest BCUT2D eigenvalue weighted by molar-refractivity contribution is 9.10. The highest BCUT2D eigenvalue weighted by atomic mass is 79.9. The molecule has 0 radical (unpaired) electrons. The van der Waals surface area contributed by atoms with Crippen LogP contribution in [0.15, 0.2) is 28.9 Å². The van der Waals surface area contributed by atoms with Gasteiger partial charge in [-0.25, -0.2) is 9.07 Å². The Morgan fingerprint density at radius 1 is 1.50 bits per heavy atom.